The third-order valence-corrected chi connectivity index (χ3v) is 9.93. The molecule has 0 aromatic heterocycles. The lowest BCUT2D eigenvalue weighted by atomic mass is 9.46. The van der Waals surface area contributed by atoms with Crippen LogP contribution in [-0.2, 0) is 38.1 Å². The average Bonchev–Trinajstić information content (AvgIpc) is 3.29. The first-order valence-corrected chi connectivity index (χ1v) is 13.6. The number of carbonyl (C=O) groups excluding carboxylic acids is 4. The zero-order valence-corrected chi connectivity index (χ0v) is 22.4. The van der Waals surface area contributed by atoms with Crippen molar-refractivity contribution in [2.75, 3.05) is 6.61 Å². The Hall–Kier alpha value is -2.32. The van der Waals surface area contributed by atoms with Gasteiger partial charge in [0.05, 0.1) is 6.10 Å². The first kappa shape index (κ1) is 26.3. The van der Waals surface area contributed by atoms with Gasteiger partial charge in [0.15, 0.2) is 24.3 Å². The molecular formula is C29H38O8. The molecule has 1 unspecified atom stereocenters. The molecule has 4 aliphatic carbocycles. The molecule has 0 bridgehead atoms. The molecule has 5 aliphatic rings. The summed E-state index contributed by atoms with van der Waals surface area (Å²) >= 11 is 0. The van der Waals surface area contributed by atoms with E-state index < -0.39 is 40.9 Å². The van der Waals surface area contributed by atoms with Crippen molar-refractivity contribution in [2.24, 2.45) is 28.6 Å². The predicted octanol–water partition coefficient (Wildman–Crippen LogP) is 3.86. The topological polar surface area (TPSA) is 105 Å². The van der Waals surface area contributed by atoms with E-state index in [1.54, 1.807) is 12.2 Å². The third-order valence-electron chi connectivity index (χ3n) is 9.93. The van der Waals surface area contributed by atoms with Gasteiger partial charge >= 0.3 is 11.9 Å². The Morgan fingerprint density at radius 3 is 2.59 bits per heavy atom. The van der Waals surface area contributed by atoms with Gasteiger partial charge in [-0.2, -0.15) is 0 Å². The lowest BCUT2D eigenvalue weighted by Gasteiger charge is -2.60. The fourth-order valence-electron chi connectivity index (χ4n) is 8.57. The predicted molar refractivity (Wildman–Crippen MR) is 132 cm³/mol. The van der Waals surface area contributed by atoms with Crippen LogP contribution in [0.1, 0.15) is 73.1 Å². The summed E-state index contributed by atoms with van der Waals surface area (Å²) in [5, 5.41) is 0. The number of allylic oxidation sites excluding steroid dienone is 4. The van der Waals surface area contributed by atoms with Crippen LogP contribution in [0, 0.1) is 28.6 Å². The maximum Gasteiger partial charge on any atom is 0.303 e. The molecule has 8 heteroatoms. The van der Waals surface area contributed by atoms with Crippen molar-refractivity contribution in [2.45, 2.75) is 97.2 Å². The van der Waals surface area contributed by atoms with Gasteiger partial charge < -0.3 is 18.9 Å². The van der Waals surface area contributed by atoms with Crippen LogP contribution in [0.2, 0.25) is 0 Å². The summed E-state index contributed by atoms with van der Waals surface area (Å²) < 4.78 is 24.2. The molecule has 9 atom stereocenters. The third kappa shape index (κ3) is 3.85. The molecule has 1 saturated heterocycles. The van der Waals surface area contributed by atoms with E-state index in [0.29, 0.717) is 19.3 Å². The molecule has 0 amide bonds. The zero-order chi connectivity index (χ0) is 26.8. The number of esters is 2. The van der Waals surface area contributed by atoms with Gasteiger partial charge in [0.2, 0.25) is 5.78 Å². The van der Waals surface area contributed by atoms with Crippen LogP contribution in [0.25, 0.3) is 0 Å². The average molecular weight is 515 g/mol. The van der Waals surface area contributed by atoms with Gasteiger partial charge in [0.25, 0.3) is 0 Å². The first-order chi connectivity index (χ1) is 17.5. The number of hydrogen-bond donors (Lipinski definition) is 0. The Balaban J connectivity index is 1.59. The minimum atomic E-state index is -1.29. The molecule has 37 heavy (non-hydrogen) atoms. The highest BCUT2D eigenvalue weighted by atomic mass is 16.7. The Morgan fingerprint density at radius 2 is 1.92 bits per heavy atom. The molecule has 0 radical (unpaired) electrons. The SMILES string of the molecule is CCCC1O[C@@H]2C[C@H]3[C@@H]4CCC5=CC(=O)C=C[C@]5(C)[C@H]4[C@@H](OC(C)=O)C[C@]3(C)[C@]2(C(=O)COC(C)=O)O1. The molecule has 1 heterocycles. The highest BCUT2D eigenvalue weighted by Crippen LogP contribution is 2.70. The summed E-state index contributed by atoms with van der Waals surface area (Å²) in [7, 11) is 0. The van der Waals surface area contributed by atoms with Crippen LogP contribution >= 0.6 is 0 Å². The maximum absolute atomic E-state index is 13.9. The minimum Gasteiger partial charge on any atom is -0.462 e. The van der Waals surface area contributed by atoms with Crippen molar-refractivity contribution in [1.29, 1.82) is 0 Å². The molecule has 8 nitrogen and oxygen atoms in total. The number of ether oxygens (including phenoxy) is 4. The summed E-state index contributed by atoms with van der Waals surface area (Å²) in [5.41, 5.74) is -1.32. The summed E-state index contributed by atoms with van der Waals surface area (Å²) in [5.74, 6) is -1.03. The number of hydrogen-bond acceptors (Lipinski definition) is 8. The van der Waals surface area contributed by atoms with Crippen LogP contribution in [-0.4, -0.2) is 54.2 Å². The molecule has 0 N–H and O–H groups in total. The van der Waals surface area contributed by atoms with Crippen LogP contribution in [0.3, 0.4) is 0 Å². The Morgan fingerprint density at radius 1 is 1.16 bits per heavy atom. The largest absolute Gasteiger partial charge is 0.462 e. The monoisotopic (exact) mass is 514 g/mol. The highest BCUT2D eigenvalue weighted by Gasteiger charge is 2.76. The van der Waals surface area contributed by atoms with E-state index in [1.807, 2.05) is 13.0 Å². The lowest BCUT2D eigenvalue weighted by molar-refractivity contribution is -0.208. The van der Waals surface area contributed by atoms with Crippen LogP contribution < -0.4 is 0 Å². The second-order valence-corrected chi connectivity index (χ2v) is 11.9. The van der Waals surface area contributed by atoms with E-state index in [4.69, 9.17) is 18.9 Å². The van der Waals surface area contributed by atoms with Crippen molar-refractivity contribution >= 4 is 23.5 Å². The molecule has 4 fully saturated rings. The first-order valence-electron chi connectivity index (χ1n) is 13.6. The second-order valence-electron chi connectivity index (χ2n) is 11.9. The lowest BCUT2D eigenvalue weighted by Crippen LogP contribution is -2.64. The van der Waals surface area contributed by atoms with Gasteiger partial charge in [-0.25, -0.2) is 0 Å². The summed E-state index contributed by atoms with van der Waals surface area (Å²) in [6.45, 7) is 8.57. The summed E-state index contributed by atoms with van der Waals surface area (Å²) in [6.07, 6.45) is 8.07. The van der Waals surface area contributed by atoms with Gasteiger partial charge in [-0.3, -0.25) is 19.2 Å². The van der Waals surface area contributed by atoms with Gasteiger partial charge in [-0.1, -0.05) is 38.8 Å². The second kappa shape index (κ2) is 9.16. The maximum atomic E-state index is 13.9. The van der Waals surface area contributed by atoms with Gasteiger partial charge in [0.1, 0.15) is 6.10 Å². The summed E-state index contributed by atoms with van der Waals surface area (Å²) in [4.78, 5) is 50.1. The van der Waals surface area contributed by atoms with Gasteiger partial charge in [-0.05, 0) is 56.1 Å². The van der Waals surface area contributed by atoms with E-state index in [2.05, 4.69) is 13.8 Å². The molecule has 5 rings (SSSR count). The van der Waals surface area contributed by atoms with E-state index in [9.17, 15) is 19.2 Å². The standard InChI is InChI=1S/C29H38O8/c1-6-7-25-36-24-13-21-20-9-8-18-12-19(32)10-11-27(18,4)26(20)22(35-17(3)31)14-28(21,5)29(24,37-25)23(33)15-34-16(2)30/h10-12,20-22,24-26H,6-9,13-15H2,1-5H3/t20-,21-,22-,24+,25?,26+,27-,28-,29+/m0/s1. The number of ketones is 2. The fourth-order valence-corrected chi connectivity index (χ4v) is 8.57. The van der Waals surface area contributed by atoms with E-state index in [1.165, 1.54) is 13.8 Å². The van der Waals surface area contributed by atoms with E-state index in [0.717, 1.165) is 24.8 Å². The van der Waals surface area contributed by atoms with Crippen molar-refractivity contribution in [3.63, 3.8) is 0 Å². The van der Waals surface area contributed by atoms with E-state index in [-0.39, 0.29) is 41.9 Å². The van der Waals surface area contributed by atoms with Gasteiger partial charge in [0, 0.05) is 30.6 Å². The quantitative estimate of drug-likeness (QED) is 0.492. The van der Waals surface area contributed by atoms with Crippen LogP contribution in [0.5, 0.6) is 0 Å². The van der Waals surface area contributed by atoms with Gasteiger partial charge in [-0.15, -0.1) is 0 Å². The molecular weight excluding hydrogens is 476 g/mol. The van der Waals surface area contributed by atoms with Crippen LogP contribution in [0.4, 0.5) is 0 Å². The number of carbonyl (C=O) groups is 4. The number of rotatable bonds is 6. The van der Waals surface area contributed by atoms with E-state index >= 15 is 0 Å². The molecule has 0 aromatic carbocycles. The summed E-state index contributed by atoms with van der Waals surface area (Å²) in [6, 6.07) is 0. The zero-order valence-electron chi connectivity index (χ0n) is 22.4. The fraction of sp³-hybridized carbons (Fsp3) is 0.724. The number of Topliss-reactive ketones (excluding diaryl/α,β-unsaturated/α-hetero) is 1. The van der Waals surface area contributed by atoms with Crippen molar-refractivity contribution < 1.29 is 38.1 Å². The minimum absolute atomic E-state index is 0.00945. The number of fused-ring (bicyclic) bond motifs is 7. The van der Waals surface area contributed by atoms with Crippen LogP contribution in [0.15, 0.2) is 23.8 Å². The van der Waals surface area contributed by atoms with Crippen molar-refractivity contribution in [3.8, 4) is 0 Å². The van der Waals surface area contributed by atoms with Crippen molar-refractivity contribution in [1.82, 2.24) is 0 Å². The molecule has 0 spiro atoms. The highest BCUT2D eigenvalue weighted by molar-refractivity contribution is 6.01. The Bertz CT molecular complexity index is 1080. The van der Waals surface area contributed by atoms with Crippen molar-refractivity contribution in [3.05, 3.63) is 23.8 Å². The normalized spacial score (nSPS) is 43.7. The molecule has 3 saturated carbocycles. The molecule has 1 aliphatic heterocycles. The molecule has 0 aromatic rings. The Labute approximate surface area is 218 Å². The Kier molecular flexibility index (Phi) is 6.51. The molecule has 202 valence electrons. The smallest absolute Gasteiger partial charge is 0.303 e.